The second-order valence-corrected chi connectivity index (χ2v) is 9.58. The van der Waals surface area contributed by atoms with Crippen LogP contribution in [-0.2, 0) is 11.3 Å². The van der Waals surface area contributed by atoms with Crippen molar-refractivity contribution in [2.75, 3.05) is 31.6 Å². The van der Waals surface area contributed by atoms with Gasteiger partial charge in [0.1, 0.15) is 13.2 Å². The Morgan fingerprint density at radius 3 is 2.53 bits per heavy atom. The number of primary amides is 1. The molecule has 1 atom stereocenters. The van der Waals surface area contributed by atoms with Crippen molar-refractivity contribution < 1.29 is 19.1 Å². The summed E-state index contributed by atoms with van der Waals surface area (Å²) in [6.45, 7) is 7.42. The van der Waals surface area contributed by atoms with Crippen molar-refractivity contribution in [1.29, 1.82) is 0 Å². The molecule has 3 N–H and O–H groups in total. The average molecular weight is 489 g/mol. The normalized spacial score (nSPS) is 17.6. The molecule has 2 amide bonds. The number of nitrogens with one attached hydrogen (secondary N) is 1. The van der Waals surface area contributed by atoms with Gasteiger partial charge in [0.2, 0.25) is 5.91 Å². The maximum atomic E-state index is 13.1. The van der Waals surface area contributed by atoms with E-state index in [4.69, 9.17) is 15.2 Å². The van der Waals surface area contributed by atoms with Crippen molar-refractivity contribution in [2.24, 2.45) is 11.7 Å². The third-order valence-corrected chi connectivity index (χ3v) is 6.99. The number of nitrogens with two attached hydrogens (primary N) is 1. The molecule has 2 aliphatic heterocycles. The molecule has 2 aliphatic rings. The van der Waals surface area contributed by atoms with Gasteiger partial charge in [0.15, 0.2) is 11.5 Å². The highest BCUT2D eigenvalue weighted by Gasteiger charge is 2.24. The predicted molar refractivity (Wildman–Crippen MR) is 138 cm³/mol. The fraction of sp³-hybridized carbons (Fsp3) is 0.357. The monoisotopic (exact) mass is 488 g/mol. The molecule has 0 radical (unpaired) electrons. The molecule has 1 saturated heterocycles. The van der Waals surface area contributed by atoms with Gasteiger partial charge in [0, 0.05) is 41.9 Å². The lowest BCUT2D eigenvalue weighted by molar-refractivity contribution is -0.123. The van der Waals surface area contributed by atoms with Crippen molar-refractivity contribution in [3.05, 3.63) is 71.0 Å². The van der Waals surface area contributed by atoms with E-state index in [0.29, 0.717) is 31.1 Å². The molecule has 5 rings (SSSR count). The summed E-state index contributed by atoms with van der Waals surface area (Å²) in [4.78, 5) is 27.0. The number of amides is 2. The molecule has 3 aromatic rings. The van der Waals surface area contributed by atoms with E-state index in [2.05, 4.69) is 10.2 Å². The highest BCUT2D eigenvalue weighted by molar-refractivity contribution is 6.05. The summed E-state index contributed by atoms with van der Waals surface area (Å²) < 4.78 is 13.4. The first-order valence-electron chi connectivity index (χ1n) is 12.4. The smallest absolute Gasteiger partial charge is 0.257 e. The number of rotatable bonds is 6. The van der Waals surface area contributed by atoms with E-state index in [1.165, 1.54) is 0 Å². The summed E-state index contributed by atoms with van der Waals surface area (Å²) in [7, 11) is 0. The Morgan fingerprint density at radius 1 is 1.03 bits per heavy atom. The quantitative estimate of drug-likeness (QED) is 0.550. The third-order valence-electron chi connectivity index (χ3n) is 6.99. The van der Waals surface area contributed by atoms with Crippen molar-refractivity contribution in [3.8, 4) is 17.2 Å². The fourth-order valence-corrected chi connectivity index (χ4v) is 5.14. The number of hydrogen-bond donors (Lipinski definition) is 2. The van der Waals surface area contributed by atoms with E-state index in [9.17, 15) is 9.59 Å². The predicted octanol–water partition coefficient (Wildman–Crippen LogP) is 3.81. The van der Waals surface area contributed by atoms with Crippen LogP contribution >= 0.6 is 0 Å². The molecule has 0 spiro atoms. The van der Waals surface area contributed by atoms with E-state index in [-0.39, 0.29) is 17.7 Å². The highest BCUT2D eigenvalue weighted by atomic mass is 16.6. The summed E-state index contributed by atoms with van der Waals surface area (Å²) in [6.07, 6.45) is 1.85. The Hall–Kier alpha value is -3.78. The van der Waals surface area contributed by atoms with Crippen LogP contribution in [0, 0.1) is 19.8 Å². The van der Waals surface area contributed by atoms with Gasteiger partial charge >= 0.3 is 0 Å². The number of hydrogen-bond acceptors (Lipinski definition) is 5. The van der Waals surface area contributed by atoms with Crippen molar-refractivity contribution in [1.82, 2.24) is 9.47 Å². The molecule has 0 bridgehead atoms. The first-order chi connectivity index (χ1) is 17.4. The third kappa shape index (κ3) is 4.95. The molecular weight excluding hydrogens is 456 g/mol. The van der Waals surface area contributed by atoms with Crippen LogP contribution in [0.2, 0.25) is 0 Å². The molecule has 3 heterocycles. The Bertz CT molecular complexity index is 1280. The van der Waals surface area contributed by atoms with Gasteiger partial charge < -0.3 is 25.1 Å². The number of benzene rings is 2. The van der Waals surface area contributed by atoms with Crippen molar-refractivity contribution in [3.63, 3.8) is 0 Å². The topological polar surface area (TPSA) is 98.8 Å². The number of nitrogens with zero attached hydrogens (tertiary/aromatic N) is 2. The minimum atomic E-state index is -0.217. The van der Waals surface area contributed by atoms with Crippen LogP contribution in [0.4, 0.5) is 5.69 Å². The maximum absolute atomic E-state index is 13.1. The largest absolute Gasteiger partial charge is 0.486 e. The standard InChI is InChI=1S/C28H32N4O4/c1-18-14-24(19(2)32(18)23-9-10-25-26(15-23)36-13-12-35-25)28(34)30-22-7-5-20(6-8-22)16-31-11-3-4-21(17-31)27(29)33/h5-10,14-15,21H,3-4,11-13,16-17H2,1-2H3,(H2,29,33)(H,30,34). The van der Waals surface area contributed by atoms with Gasteiger partial charge in [-0.15, -0.1) is 0 Å². The van der Waals surface area contributed by atoms with Gasteiger partial charge in [-0.3, -0.25) is 14.5 Å². The average Bonchev–Trinajstić information content (AvgIpc) is 3.18. The lowest BCUT2D eigenvalue weighted by Crippen LogP contribution is -2.40. The van der Waals surface area contributed by atoms with Gasteiger partial charge in [-0.05, 0) is 69.1 Å². The summed E-state index contributed by atoms with van der Waals surface area (Å²) in [5.41, 5.74) is 10.7. The van der Waals surface area contributed by atoms with Crippen LogP contribution in [0.5, 0.6) is 11.5 Å². The zero-order chi connectivity index (χ0) is 25.2. The zero-order valence-electron chi connectivity index (χ0n) is 20.8. The molecule has 0 saturated carbocycles. The first kappa shape index (κ1) is 23.9. The van der Waals surface area contributed by atoms with Gasteiger partial charge in [-0.1, -0.05) is 12.1 Å². The number of aromatic nitrogens is 1. The van der Waals surface area contributed by atoms with Gasteiger partial charge in [0.05, 0.1) is 11.5 Å². The van der Waals surface area contributed by atoms with Crippen LogP contribution in [0.3, 0.4) is 0 Å². The number of piperidine rings is 1. The van der Waals surface area contributed by atoms with Crippen LogP contribution in [0.25, 0.3) is 5.69 Å². The number of fused-ring (bicyclic) bond motifs is 1. The first-order valence-corrected chi connectivity index (χ1v) is 12.4. The van der Waals surface area contributed by atoms with Crippen LogP contribution in [0.15, 0.2) is 48.5 Å². The van der Waals surface area contributed by atoms with E-state index < -0.39 is 0 Å². The molecule has 36 heavy (non-hydrogen) atoms. The fourth-order valence-electron chi connectivity index (χ4n) is 5.14. The van der Waals surface area contributed by atoms with E-state index in [0.717, 1.165) is 60.0 Å². The van der Waals surface area contributed by atoms with Crippen molar-refractivity contribution in [2.45, 2.75) is 33.2 Å². The van der Waals surface area contributed by atoms with E-state index in [1.54, 1.807) is 0 Å². The van der Waals surface area contributed by atoms with E-state index >= 15 is 0 Å². The zero-order valence-corrected chi connectivity index (χ0v) is 20.8. The molecule has 8 heteroatoms. The molecule has 2 aromatic carbocycles. The highest BCUT2D eigenvalue weighted by Crippen LogP contribution is 2.33. The minimum absolute atomic E-state index is 0.0709. The summed E-state index contributed by atoms with van der Waals surface area (Å²) in [5.74, 6) is 1.01. The molecular formula is C28H32N4O4. The van der Waals surface area contributed by atoms with Crippen LogP contribution < -0.4 is 20.5 Å². The van der Waals surface area contributed by atoms with Crippen LogP contribution in [0.1, 0.15) is 40.2 Å². The Balaban J connectivity index is 1.26. The minimum Gasteiger partial charge on any atom is -0.486 e. The molecule has 1 fully saturated rings. The second kappa shape index (κ2) is 10.1. The van der Waals surface area contributed by atoms with Gasteiger partial charge in [0.25, 0.3) is 5.91 Å². The lowest BCUT2D eigenvalue weighted by Gasteiger charge is -2.31. The number of carbonyl (C=O) groups excluding carboxylic acids is 2. The van der Waals surface area contributed by atoms with Crippen molar-refractivity contribution >= 4 is 17.5 Å². The Morgan fingerprint density at radius 2 is 1.78 bits per heavy atom. The molecule has 0 aliphatic carbocycles. The maximum Gasteiger partial charge on any atom is 0.257 e. The number of likely N-dealkylation sites (tertiary alicyclic amines) is 1. The summed E-state index contributed by atoms with van der Waals surface area (Å²) in [6, 6.07) is 15.6. The summed E-state index contributed by atoms with van der Waals surface area (Å²) in [5, 5.41) is 3.02. The lowest BCUT2D eigenvalue weighted by atomic mass is 9.97. The molecule has 1 unspecified atom stereocenters. The Labute approximate surface area is 211 Å². The number of ether oxygens (including phenoxy) is 2. The van der Waals surface area contributed by atoms with Gasteiger partial charge in [-0.2, -0.15) is 0 Å². The second-order valence-electron chi connectivity index (χ2n) is 9.58. The molecule has 188 valence electrons. The molecule has 8 nitrogen and oxygen atoms in total. The van der Waals surface area contributed by atoms with Gasteiger partial charge in [-0.25, -0.2) is 0 Å². The molecule has 1 aromatic heterocycles. The number of anilines is 1. The number of aryl methyl sites for hydroxylation is 1. The SMILES string of the molecule is Cc1cc(C(=O)Nc2ccc(CN3CCCC(C(N)=O)C3)cc2)c(C)n1-c1ccc2c(c1)OCCO2. The number of carbonyl (C=O) groups is 2. The Kier molecular flexibility index (Phi) is 6.69. The van der Waals surface area contributed by atoms with E-state index in [1.807, 2.05) is 66.9 Å². The van der Waals surface area contributed by atoms with Crippen LogP contribution in [-0.4, -0.2) is 47.6 Å². The summed E-state index contributed by atoms with van der Waals surface area (Å²) >= 11 is 0.